The van der Waals surface area contributed by atoms with Crippen LogP contribution in [0.1, 0.15) is 13.8 Å². The van der Waals surface area contributed by atoms with Crippen LogP contribution < -0.4 is 5.32 Å². The van der Waals surface area contributed by atoms with Crippen molar-refractivity contribution in [3.05, 3.63) is 0 Å². The van der Waals surface area contributed by atoms with Gasteiger partial charge in [0.1, 0.15) is 5.72 Å². The Morgan fingerprint density at radius 2 is 2.10 bits per heavy atom. The van der Waals surface area contributed by atoms with Crippen LogP contribution in [0.4, 0.5) is 0 Å². The van der Waals surface area contributed by atoms with Crippen molar-refractivity contribution >= 4 is 5.97 Å². The second-order valence-corrected chi connectivity index (χ2v) is 2.46. The van der Waals surface area contributed by atoms with E-state index in [1.54, 1.807) is 0 Å². The number of rotatable bonds is 3. The highest BCUT2D eigenvalue weighted by Crippen LogP contribution is 2.11. The van der Waals surface area contributed by atoms with Crippen LogP contribution in [0.3, 0.4) is 0 Å². The molecule has 0 aromatic carbocycles. The Balaban J connectivity index is 4.17. The zero-order chi connectivity index (χ0) is 8.36. The maximum atomic E-state index is 10.3. The fourth-order valence-electron chi connectivity index (χ4n) is 0.457. The highest BCUT2D eigenvalue weighted by Gasteiger charge is 2.31. The van der Waals surface area contributed by atoms with E-state index >= 15 is 0 Å². The molecule has 10 heavy (non-hydrogen) atoms. The van der Waals surface area contributed by atoms with Crippen molar-refractivity contribution in [3.8, 4) is 0 Å². The first-order chi connectivity index (χ1) is 4.41. The standard InChI is InChI=1S/C6H13NO3/c1-4(5(8)9)6(2,10)7-3/h4,7,10H,1-3H3,(H,8,9). The molecule has 0 rings (SSSR count). The van der Waals surface area contributed by atoms with E-state index in [0.717, 1.165) is 0 Å². The number of carbonyl (C=O) groups is 1. The number of aliphatic hydroxyl groups is 1. The van der Waals surface area contributed by atoms with Gasteiger partial charge in [0.25, 0.3) is 0 Å². The Bertz CT molecular complexity index is 133. The summed E-state index contributed by atoms with van der Waals surface area (Å²) in [6.45, 7) is 2.87. The molecule has 0 aromatic rings. The lowest BCUT2D eigenvalue weighted by atomic mass is 10.0. The molecule has 4 nitrogen and oxygen atoms in total. The van der Waals surface area contributed by atoms with Gasteiger partial charge in [0.05, 0.1) is 5.92 Å². The smallest absolute Gasteiger partial charge is 0.310 e. The van der Waals surface area contributed by atoms with E-state index in [1.165, 1.54) is 20.9 Å². The summed E-state index contributed by atoms with van der Waals surface area (Å²) in [5, 5.41) is 20.2. The molecule has 0 amide bonds. The molecule has 2 unspecified atom stereocenters. The van der Waals surface area contributed by atoms with Gasteiger partial charge >= 0.3 is 5.97 Å². The lowest BCUT2D eigenvalue weighted by molar-refractivity contribution is -0.151. The minimum Gasteiger partial charge on any atom is -0.481 e. The first-order valence-corrected chi connectivity index (χ1v) is 3.06. The number of carboxylic acid groups (broad SMARTS) is 1. The summed E-state index contributed by atoms with van der Waals surface area (Å²) in [5.74, 6) is -1.82. The zero-order valence-corrected chi connectivity index (χ0v) is 6.38. The lowest BCUT2D eigenvalue weighted by Gasteiger charge is -2.26. The van der Waals surface area contributed by atoms with Gasteiger partial charge in [0, 0.05) is 0 Å². The van der Waals surface area contributed by atoms with Gasteiger partial charge in [-0.2, -0.15) is 0 Å². The van der Waals surface area contributed by atoms with E-state index < -0.39 is 17.6 Å². The average molecular weight is 147 g/mol. The molecule has 0 saturated heterocycles. The number of nitrogens with one attached hydrogen (secondary N) is 1. The summed E-state index contributed by atoms with van der Waals surface area (Å²) in [6, 6.07) is 0. The maximum Gasteiger partial charge on any atom is 0.310 e. The van der Waals surface area contributed by atoms with E-state index in [4.69, 9.17) is 5.11 Å². The molecule has 4 heteroatoms. The van der Waals surface area contributed by atoms with Crippen LogP contribution in [0, 0.1) is 5.92 Å². The van der Waals surface area contributed by atoms with E-state index in [0.29, 0.717) is 0 Å². The molecular weight excluding hydrogens is 134 g/mol. The monoisotopic (exact) mass is 147 g/mol. The van der Waals surface area contributed by atoms with Crippen molar-refractivity contribution in [1.29, 1.82) is 0 Å². The molecule has 0 heterocycles. The fraction of sp³-hybridized carbons (Fsp3) is 0.833. The average Bonchev–Trinajstić information content (AvgIpc) is 1.86. The molecule has 0 aliphatic rings. The quantitative estimate of drug-likeness (QED) is 0.476. The van der Waals surface area contributed by atoms with E-state index in [1.807, 2.05) is 0 Å². The van der Waals surface area contributed by atoms with Gasteiger partial charge < -0.3 is 10.2 Å². The number of aliphatic carboxylic acids is 1. The summed E-state index contributed by atoms with van der Waals surface area (Å²) in [6.07, 6.45) is 0. The largest absolute Gasteiger partial charge is 0.481 e. The Morgan fingerprint density at radius 1 is 1.70 bits per heavy atom. The summed E-state index contributed by atoms with van der Waals surface area (Å²) in [5.41, 5.74) is -1.33. The van der Waals surface area contributed by atoms with Gasteiger partial charge in [-0.25, -0.2) is 0 Å². The third-order valence-electron chi connectivity index (χ3n) is 1.72. The molecule has 0 aliphatic carbocycles. The summed E-state index contributed by atoms with van der Waals surface area (Å²) in [7, 11) is 1.51. The minimum atomic E-state index is -1.33. The molecule has 3 N–H and O–H groups in total. The Morgan fingerprint density at radius 3 is 2.20 bits per heavy atom. The number of carboxylic acids is 1. The van der Waals surface area contributed by atoms with Crippen LogP contribution in [0.15, 0.2) is 0 Å². The Hall–Kier alpha value is -0.610. The second-order valence-electron chi connectivity index (χ2n) is 2.46. The zero-order valence-electron chi connectivity index (χ0n) is 6.38. The second kappa shape index (κ2) is 2.98. The molecule has 0 aliphatic heterocycles. The topological polar surface area (TPSA) is 69.6 Å². The summed E-state index contributed by atoms with van der Waals surface area (Å²) >= 11 is 0. The molecule has 0 radical (unpaired) electrons. The van der Waals surface area contributed by atoms with Crippen molar-refractivity contribution < 1.29 is 15.0 Å². The van der Waals surface area contributed by atoms with Crippen LogP contribution in [0.2, 0.25) is 0 Å². The lowest BCUT2D eigenvalue weighted by Crippen LogP contribution is -2.48. The number of hydrogen-bond acceptors (Lipinski definition) is 3. The molecule has 0 fully saturated rings. The minimum absolute atomic E-state index is 0.808. The molecule has 0 aromatic heterocycles. The third kappa shape index (κ3) is 1.97. The summed E-state index contributed by atoms with van der Waals surface area (Å²) < 4.78 is 0. The third-order valence-corrected chi connectivity index (χ3v) is 1.72. The van der Waals surface area contributed by atoms with Crippen LogP contribution in [0.5, 0.6) is 0 Å². The highest BCUT2D eigenvalue weighted by atomic mass is 16.4. The maximum absolute atomic E-state index is 10.3. The van der Waals surface area contributed by atoms with E-state index in [9.17, 15) is 9.90 Å². The molecule has 0 saturated carbocycles. The predicted molar refractivity (Wildman–Crippen MR) is 36.5 cm³/mol. The van der Waals surface area contributed by atoms with Gasteiger partial charge in [-0.15, -0.1) is 0 Å². The van der Waals surface area contributed by atoms with Crippen LogP contribution in [-0.2, 0) is 4.79 Å². The molecule has 0 bridgehead atoms. The normalized spacial score (nSPS) is 19.6. The van der Waals surface area contributed by atoms with Gasteiger partial charge in [0.15, 0.2) is 0 Å². The Kier molecular flexibility index (Phi) is 2.80. The van der Waals surface area contributed by atoms with E-state index in [2.05, 4.69) is 5.32 Å². The highest BCUT2D eigenvalue weighted by molar-refractivity contribution is 5.70. The van der Waals surface area contributed by atoms with Gasteiger partial charge in [0.2, 0.25) is 0 Å². The molecule has 2 atom stereocenters. The van der Waals surface area contributed by atoms with Gasteiger partial charge in [-0.1, -0.05) is 0 Å². The van der Waals surface area contributed by atoms with Crippen molar-refractivity contribution in [3.63, 3.8) is 0 Å². The van der Waals surface area contributed by atoms with Crippen LogP contribution in [0.25, 0.3) is 0 Å². The predicted octanol–water partition coefficient (Wildman–Crippen LogP) is -0.365. The first-order valence-electron chi connectivity index (χ1n) is 3.06. The fourth-order valence-corrected chi connectivity index (χ4v) is 0.457. The van der Waals surface area contributed by atoms with Crippen molar-refractivity contribution in [2.24, 2.45) is 5.92 Å². The summed E-state index contributed by atoms with van der Waals surface area (Å²) in [4.78, 5) is 10.3. The molecular formula is C6H13NO3. The van der Waals surface area contributed by atoms with E-state index in [-0.39, 0.29) is 0 Å². The van der Waals surface area contributed by atoms with Crippen molar-refractivity contribution in [2.75, 3.05) is 7.05 Å². The molecule has 0 spiro atoms. The number of hydrogen-bond donors (Lipinski definition) is 3. The van der Waals surface area contributed by atoms with Crippen LogP contribution in [-0.4, -0.2) is 29.0 Å². The first kappa shape index (κ1) is 9.39. The van der Waals surface area contributed by atoms with Crippen molar-refractivity contribution in [2.45, 2.75) is 19.6 Å². The SMILES string of the molecule is CNC(C)(O)C(C)C(=O)O. The van der Waals surface area contributed by atoms with Gasteiger partial charge in [-0.3, -0.25) is 10.1 Å². The van der Waals surface area contributed by atoms with Crippen LogP contribution >= 0.6 is 0 Å². The van der Waals surface area contributed by atoms with Gasteiger partial charge in [-0.05, 0) is 20.9 Å². The van der Waals surface area contributed by atoms with Crippen molar-refractivity contribution in [1.82, 2.24) is 5.32 Å². The Labute approximate surface area is 59.9 Å². The molecule has 60 valence electrons.